The summed E-state index contributed by atoms with van der Waals surface area (Å²) in [5, 5.41) is 12.5. The number of aliphatic hydroxyl groups is 1. The minimum Gasteiger partial charge on any atom is -0.484 e. The average Bonchev–Trinajstić information content (AvgIpc) is 2.41. The van der Waals surface area contributed by atoms with Gasteiger partial charge < -0.3 is 15.2 Å². The van der Waals surface area contributed by atoms with Crippen molar-refractivity contribution in [3.05, 3.63) is 30.1 Å². The molecule has 1 aromatic rings. The van der Waals surface area contributed by atoms with Crippen molar-refractivity contribution in [1.29, 1.82) is 0 Å². The predicted octanol–water partition coefficient (Wildman–Crippen LogP) is 1.62. The number of ether oxygens (including phenoxy) is 1. The molecule has 2 rings (SSSR count). The number of hydrogen-bond donors (Lipinski definition) is 2. The quantitative estimate of drug-likeness (QED) is 0.871. The number of amides is 1. The van der Waals surface area contributed by atoms with Crippen LogP contribution in [0.3, 0.4) is 0 Å². The lowest BCUT2D eigenvalue weighted by Gasteiger charge is -2.28. The number of carbonyl (C=O) groups excluding carboxylic acids is 1. The van der Waals surface area contributed by atoms with Gasteiger partial charge in [0.05, 0.1) is 12.1 Å². The molecule has 2 atom stereocenters. The van der Waals surface area contributed by atoms with Gasteiger partial charge in [-0.3, -0.25) is 4.79 Å². The van der Waals surface area contributed by atoms with Crippen molar-refractivity contribution < 1.29 is 19.0 Å². The minimum absolute atomic E-state index is 0.130. The second kappa shape index (κ2) is 6.52. The topological polar surface area (TPSA) is 58.6 Å². The first-order chi connectivity index (χ1) is 9.15. The van der Waals surface area contributed by atoms with Crippen LogP contribution in [0.25, 0.3) is 0 Å². The van der Waals surface area contributed by atoms with Gasteiger partial charge in [0.2, 0.25) is 0 Å². The molecule has 0 bridgehead atoms. The highest BCUT2D eigenvalue weighted by Gasteiger charge is 2.24. The molecule has 1 aliphatic carbocycles. The van der Waals surface area contributed by atoms with E-state index < -0.39 is 6.10 Å². The van der Waals surface area contributed by atoms with E-state index in [0.29, 0.717) is 5.75 Å². The van der Waals surface area contributed by atoms with Crippen molar-refractivity contribution in [3.8, 4) is 5.75 Å². The maximum atomic E-state index is 12.7. The molecule has 1 amide bonds. The van der Waals surface area contributed by atoms with Crippen LogP contribution in [0.1, 0.15) is 25.7 Å². The van der Waals surface area contributed by atoms with Crippen LogP contribution in [0, 0.1) is 5.82 Å². The second-order valence-electron chi connectivity index (χ2n) is 4.77. The van der Waals surface area contributed by atoms with Crippen LogP contribution in [0.4, 0.5) is 4.39 Å². The third-order valence-corrected chi connectivity index (χ3v) is 3.26. The number of nitrogens with one attached hydrogen (secondary N) is 1. The van der Waals surface area contributed by atoms with E-state index in [1.165, 1.54) is 24.3 Å². The van der Waals surface area contributed by atoms with Crippen LogP contribution in [-0.2, 0) is 4.79 Å². The first kappa shape index (κ1) is 13.8. The molecule has 0 spiro atoms. The fourth-order valence-electron chi connectivity index (χ4n) is 2.21. The smallest absolute Gasteiger partial charge is 0.258 e. The molecular formula is C14H18FNO3. The lowest BCUT2D eigenvalue weighted by atomic mass is 9.92. The molecule has 0 aromatic heterocycles. The zero-order valence-electron chi connectivity index (χ0n) is 10.6. The van der Waals surface area contributed by atoms with Crippen molar-refractivity contribution >= 4 is 5.91 Å². The third-order valence-electron chi connectivity index (χ3n) is 3.26. The van der Waals surface area contributed by atoms with Crippen LogP contribution in [0.2, 0.25) is 0 Å². The molecule has 1 aliphatic rings. The van der Waals surface area contributed by atoms with Gasteiger partial charge in [-0.05, 0) is 37.1 Å². The Morgan fingerprint density at radius 3 is 2.68 bits per heavy atom. The second-order valence-corrected chi connectivity index (χ2v) is 4.77. The summed E-state index contributed by atoms with van der Waals surface area (Å²) in [4.78, 5) is 11.7. The SMILES string of the molecule is O=C(COc1ccc(F)cc1)NC1CCCCC1O. The summed E-state index contributed by atoms with van der Waals surface area (Å²) >= 11 is 0. The molecule has 19 heavy (non-hydrogen) atoms. The van der Waals surface area contributed by atoms with Crippen LogP contribution >= 0.6 is 0 Å². The average molecular weight is 267 g/mol. The van der Waals surface area contributed by atoms with E-state index in [9.17, 15) is 14.3 Å². The summed E-state index contributed by atoms with van der Waals surface area (Å²) in [5.74, 6) is -0.168. The van der Waals surface area contributed by atoms with Gasteiger partial charge in [0, 0.05) is 0 Å². The Bertz CT molecular complexity index is 421. The maximum Gasteiger partial charge on any atom is 0.258 e. The lowest BCUT2D eigenvalue weighted by molar-refractivity contribution is -0.125. The Hall–Kier alpha value is -1.62. The largest absolute Gasteiger partial charge is 0.484 e. The molecule has 5 heteroatoms. The number of halogens is 1. The first-order valence-corrected chi connectivity index (χ1v) is 6.51. The van der Waals surface area contributed by atoms with Crippen molar-refractivity contribution in [2.45, 2.75) is 37.8 Å². The normalized spacial score (nSPS) is 22.8. The number of rotatable bonds is 4. The summed E-state index contributed by atoms with van der Waals surface area (Å²) < 4.78 is 17.9. The van der Waals surface area contributed by atoms with E-state index in [1.54, 1.807) is 0 Å². The van der Waals surface area contributed by atoms with E-state index in [1.807, 2.05) is 0 Å². The molecule has 0 aliphatic heterocycles. The Labute approximate surface area is 111 Å². The Morgan fingerprint density at radius 2 is 2.00 bits per heavy atom. The van der Waals surface area contributed by atoms with Gasteiger partial charge in [-0.25, -0.2) is 4.39 Å². The molecule has 1 saturated carbocycles. The highest BCUT2D eigenvalue weighted by molar-refractivity contribution is 5.77. The van der Waals surface area contributed by atoms with Crippen LogP contribution in [0.5, 0.6) is 5.75 Å². The van der Waals surface area contributed by atoms with E-state index in [2.05, 4.69) is 5.32 Å². The highest BCUT2D eigenvalue weighted by atomic mass is 19.1. The van der Waals surface area contributed by atoms with Gasteiger partial charge in [0.25, 0.3) is 5.91 Å². The van der Waals surface area contributed by atoms with E-state index in [0.717, 1.165) is 25.7 Å². The molecule has 2 N–H and O–H groups in total. The van der Waals surface area contributed by atoms with Crippen molar-refractivity contribution in [1.82, 2.24) is 5.32 Å². The third kappa shape index (κ3) is 4.21. The summed E-state index contributed by atoms with van der Waals surface area (Å²) in [5.41, 5.74) is 0. The Balaban J connectivity index is 1.76. The Kier molecular flexibility index (Phi) is 4.74. The monoisotopic (exact) mass is 267 g/mol. The van der Waals surface area contributed by atoms with Crippen molar-refractivity contribution in [2.24, 2.45) is 0 Å². The molecule has 104 valence electrons. The number of carbonyl (C=O) groups is 1. The molecule has 0 saturated heterocycles. The predicted molar refractivity (Wildman–Crippen MR) is 68.3 cm³/mol. The van der Waals surface area contributed by atoms with E-state index >= 15 is 0 Å². The van der Waals surface area contributed by atoms with Gasteiger partial charge in [-0.15, -0.1) is 0 Å². The highest BCUT2D eigenvalue weighted by Crippen LogP contribution is 2.18. The fourth-order valence-corrected chi connectivity index (χ4v) is 2.21. The number of hydrogen-bond acceptors (Lipinski definition) is 3. The Morgan fingerprint density at radius 1 is 1.32 bits per heavy atom. The summed E-state index contributed by atoms with van der Waals surface area (Å²) in [6, 6.07) is 5.31. The molecular weight excluding hydrogens is 249 g/mol. The zero-order valence-corrected chi connectivity index (χ0v) is 10.6. The summed E-state index contributed by atoms with van der Waals surface area (Å²) in [6.45, 7) is -0.130. The van der Waals surface area contributed by atoms with Crippen LogP contribution < -0.4 is 10.1 Å². The van der Waals surface area contributed by atoms with Crippen molar-refractivity contribution in [3.63, 3.8) is 0 Å². The zero-order chi connectivity index (χ0) is 13.7. The summed E-state index contributed by atoms with van der Waals surface area (Å²) in [7, 11) is 0. The van der Waals surface area contributed by atoms with Gasteiger partial charge in [-0.2, -0.15) is 0 Å². The first-order valence-electron chi connectivity index (χ1n) is 6.51. The standard InChI is InChI=1S/C14H18FNO3/c15-10-5-7-11(8-6-10)19-9-14(18)16-12-3-1-2-4-13(12)17/h5-8,12-13,17H,1-4,9H2,(H,16,18). The van der Waals surface area contributed by atoms with Gasteiger partial charge >= 0.3 is 0 Å². The fraction of sp³-hybridized carbons (Fsp3) is 0.500. The van der Waals surface area contributed by atoms with Crippen LogP contribution in [0.15, 0.2) is 24.3 Å². The minimum atomic E-state index is -0.469. The maximum absolute atomic E-state index is 12.7. The lowest BCUT2D eigenvalue weighted by Crippen LogP contribution is -2.46. The van der Waals surface area contributed by atoms with Gasteiger partial charge in [-0.1, -0.05) is 12.8 Å². The molecule has 0 radical (unpaired) electrons. The van der Waals surface area contributed by atoms with Gasteiger partial charge in [0.1, 0.15) is 11.6 Å². The van der Waals surface area contributed by atoms with E-state index in [4.69, 9.17) is 4.74 Å². The van der Waals surface area contributed by atoms with E-state index in [-0.39, 0.29) is 24.4 Å². The summed E-state index contributed by atoms with van der Waals surface area (Å²) in [6.07, 6.45) is 3.07. The molecule has 1 aromatic carbocycles. The number of benzene rings is 1. The molecule has 2 unspecified atom stereocenters. The number of aliphatic hydroxyl groups excluding tert-OH is 1. The molecule has 1 fully saturated rings. The molecule has 4 nitrogen and oxygen atoms in total. The molecule has 0 heterocycles. The van der Waals surface area contributed by atoms with Crippen molar-refractivity contribution in [2.75, 3.05) is 6.61 Å². The van der Waals surface area contributed by atoms with Crippen LogP contribution in [-0.4, -0.2) is 29.8 Å². The van der Waals surface area contributed by atoms with Gasteiger partial charge in [0.15, 0.2) is 6.61 Å².